The number of rotatable bonds is 8. The second kappa shape index (κ2) is 10.8. The number of nitrogens with zero attached hydrogens (tertiary/aromatic N) is 4. The van der Waals surface area contributed by atoms with Gasteiger partial charge in [-0.2, -0.15) is 5.26 Å². The van der Waals surface area contributed by atoms with Crippen molar-refractivity contribution in [3.63, 3.8) is 0 Å². The molecule has 1 N–H and O–H groups in total. The SMILES string of the molecule is CCOc1ccccc1C=CC(=O)Nc1sc2c(c1C#N)CCN(C(=O)CCn1ccnc1)C2. The molecule has 1 aromatic carbocycles. The zero-order chi connectivity index (χ0) is 23.9. The lowest BCUT2D eigenvalue weighted by Gasteiger charge is -2.27. The molecule has 4 rings (SSSR count). The maximum Gasteiger partial charge on any atom is 0.249 e. The van der Waals surface area contributed by atoms with Crippen LogP contribution in [0.2, 0.25) is 0 Å². The zero-order valence-electron chi connectivity index (χ0n) is 18.9. The van der Waals surface area contributed by atoms with E-state index in [-0.39, 0.29) is 11.8 Å². The van der Waals surface area contributed by atoms with Crippen LogP contribution >= 0.6 is 11.3 Å². The minimum Gasteiger partial charge on any atom is -0.493 e. The molecule has 0 saturated carbocycles. The molecule has 0 saturated heterocycles. The third-order valence-corrected chi connectivity index (χ3v) is 6.67. The number of aromatic nitrogens is 2. The molecule has 9 heteroatoms. The minimum atomic E-state index is -0.324. The maximum absolute atomic E-state index is 12.7. The van der Waals surface area contributed by atoms with Crippen LogP contribution in [0, 0.1) is 11.3 Å². The van der Waals surface area contributed by atoms with Gasteiger partial charge in [-0.25, -0.2) is 4.98 Å². The first-order valence-corrected chi connectivity index (χ1v) is 11.9. The summed E-state index contributed by atoms with van der Waals surface area (Å²) in [6.07, 6.45) is 9.33. The van der Waals surface area contributed by atoms with Gasteiger partial charge in [0.05, 0.1) is 25.0 Å². The Bertz CT molecular complexity index is 1240. The number of hydrogen-bond donors (Lipinski definition) is 1. The summed E-state index contributed by atoms with van der Waals surface area (Å²) in [5.41, 5.74) is 2.21. The maximum atomic E-state index is 12.7. The molecule has 0 atom stereocenters. The van der Waals surface area contributed by atoms with Crippen LogP contribution < -0.4 is 10.1 Å². The Labute approximate surface area is 202 Å². The summed E-state index contributed by atoms with van der Waals surface area (Å²) in [6, 6.07) is 9.72. The van der Waals surface area contributed by atoms with E-state index in [4.69, 9.17) is 4.74 Å². The number of benzene rings is 1. The first kappa shape index (κ1) is 23.3. The molecule has 0 bridgehead atoms. The number of thiophene rings is 1. The molecule has 0 unspecified atom stereocenters. The molecule has 8 nitrogen and oxygen atoms in total. The number of hydrogen-bond acceptors (Lipinski definition) is 6. The molecule has 0 spiro atoms. The van der Waals surface area contributed by atoms with Gasteiger partial charge in [0.15, 0.2) is 0 Å². The molecule has 0 radical (unpaired) electrons. The van der Waals surface area contributed by atoms with Crippen molar-refractivity contribution in [2.45, 2.75) is 32.9 Å². The highest BCUT2D eigenvalue weighted by Gasteiger charge is 2.27. The van der Waals surface area contributed by atoms with E-state index < -0.39 is 0 Å². The number of amides is 2. The van der Waals surface area contributed by atoms with E-state index in [2.05, 4.69) is 16.4 Å². The molecule has 3 heterocycles. The number of ether oxygens (including phenoxy) is 1. The molecule has 0 fully saturated rings. The summed E-state index contributed by atoms with van der Waals surface area (Å²) in [5.74, 6) is 0.443. The van der Waals surface area contributed by atoms with Crippen LogP contribution in [0.4, 0.5) is 5.00 Å². The number of carbonyl (C=O) groups excluding carboxylic acids is 2. The third-order valence-electron chi connectivity index (χ3n) is 5.53. The van der Waals surface area contributed by atoms with Crippen molar-refractivity contribution in [3.8, 4) is 11.8 Å². The highest BCUT2D eigenvalue weighted by Crippen LogP contribution is 2.37. The van der Waals surface area contributed by atoms with Gasteiger partial charge in [0, 0.05) is 48.4 Å². The second-order valence-corrected chi connectivity index (χ2v) is 8.83. The van der Waals surface area contributed by atoms with Crippen LogP contribution in [-0.2, 0) is 29.1 Å². The zero-order valence-corrected chi connectivity index (χ0v) is 19.7. The fraction of sp³-hybridized carbons (Fsp3) is 0.280. The number of para-hydroxylation sites is 1. The van der Waals surface area contributed by atoms with E-state index in [9.17, 15) is 14.9 Å². The summed E-state index contributed by atoms with van der Waals surface area (Å²) in [6.45, 7) is 4.03. The molecule has 3 aromatic rings. The normalized spacial score (nSPS) is 12.9. The number of nitriles is 1. The predicted molar refractivity (Wildman–Crippen MR) is 130 cm³/mol. The van der Waals surface area contributed by atoms with Crippen LogP contribution in [-0.4, -0.2) is 39.4 Å². The molecule has 174 valence electrons. The Balaban J connectivity index is 1.42. The second-order valence-electron chi connectivity index (χ2n) is 7.73. The standard InChI is InChI=1S/C25H25N5O3S/c1-2-33-21-6-4-3-5-18(21)7-8-23(31)28-25-20(15-26)19-9-13-30(16-22(19)34-25)24(32)10-12-29-14-11-27-17-29/h3-8,11,14,17H,2,9-10,12-13,16H2,1H3,(H,28,31). The monoisotopic (exact) mass is 475 g/mol. The van der Waals surface area contributed by atoms with Crippen molar-refractivity contribution >= 4 is 34.2 Å². The Morgan fingerprint density at radius 1 is 1.35 bits per heavy atom. The van der Waals surface area contributed by atoms with Crippen molar-refractivity contribution in [2.24, 2.45) is 0 Å². The Kier molecular flexibility index (Phi) is 7.40. The smallest absolute Gasteiger partial charge is 0.249 e. The predicted octanol–water partition coefficient (Wildman–Crippen LogP) is 3.84. The number of aryl methyl sites for hydroxylation is 1. The van der Waals surface area contributed by atoms with Crippen LogP contribution in [0.25, 0.3) is 6.08 Å². The van der Waals surface area contributed by atoms with E-state index in [0.717, 1.165) is 16.0 Å². The van der Waals surface area contributed by atoms with Gasteiger partial charge in [0.25, 0.3) is 0 Å². The average Bonchev–Trinajstić information content (AvgIpc) is 3.49. The van der Waals surface area contributed by atoms with Crippen molar-refractivity contribution in [1.82, 2.24) is 14.5 Å². The Morgan fingerprint density at radius 3 is 2.97 bits per heavy atom. The summed E-state index contributed by atoms with van der Waals surface area (Å²) < 4.78 is 7.46. The van der Waals surface area contributed by atoms with Crippen molar-refractivity contribution in [2.75, 3.05) is 18.5 Å². The van der Waals surface area contributed by atoms with Gasteiger partial charge in [0.2, 0.25) is 11.8 Å². The number of carbonyl (C=O) groups is 2. The summed E-state index contributed by atoms with van der Waals surface area (Å²) in [4.78, 5) is 32.0. The first-order chi connectivity index (χ1) is 16.6. The number of anilines is 1. The molecule has 1 aliphatic rings. The Hall–Kier alpha value is -3.90. The quantitative estimate of drug-likeness (QED) is 0.499. The summed E-state index contributed by atoms with van der Waals surface area (Å²) in [5, 5.41) is 13.1. The van der Waals surface area contributed by atoms with Gasteiger partial charge in [-0.15, -0.1) is 11.3 Å². The highest BCUT2D eigenvalue weighted by atomic mass is 32.1. The highest BCUT2D eigenvalue weighted by molar-refractivity contribution is 7.16. The summed E-state index contributed by atoms with van der Waals surface area (Å²) >= 11 is 1.36. The van der Waals surface area contributed by atoms with E-state index in [1.165, 1.54) is 17.4 Å². The number of imidazole rings is 1. The minimum absolute atomic E-state index is 0.0627. The average molecular weight is 476 g/mol. The molecular weight excluding hydrogens is 450 g/mol. The van der Waals surface area contributed by atoms with Crippen LogP contribution in [0.1, 0.15) is 34.9 Å². The largest absolute Gasteiger partial charge is 0.493 e. The fourth-order valence-corrected chi connectivity index (χ4v) is 5.07. The topological polar surface area (TPSA) is 100 Å². The molecular formula is C25H25N5O3S. The fourth-order valence-electron chi connectivity index (χ4n) is 3.85. The molecule has 0 aliphatic carbocycles. The Morgan fingerprint density at radius 2 is 2.21 bits per heavy atom. The van der Waals surface area contributed by atoms with Crippen LogP contribution in [0.15, 0.2) is 49.1 Å². The van der Waals surface area contributed by atoms with E-state index in [1.54, 1.807) is 18.6 Å². The van der Waals surface area contributed by atoms with Crippen molar-refractivity contribution < 1.29 is 14.3 Å². The van der Waals surface area contributed by atoms with Gasteiger partial charge in [-0.3, -0.25) is 9.59 Å². The third kappa shape index (κ3) is 5.35. The lowest BCUT2D eigenvalue weighted by molar-refractivity contribution is -0.132. The van der Waals surface area contributed by atoms with Gasteiger partial charge in [-0.1, -0.05) is 18.2 Å². The summed E-state index contributed by atoms with van der Waals surface area (Å²) in [7, 11) is 0. The lowest BCUT2D eigenvalue weighted by atomic mass is 10.0. The molecule has 2 amide bonds. The van der Waals surface area contributed by atoms with E-state index in [1.807, 2.05) is 46.9 Å². The number of nitrogens with one attached hydrogen (secondary N) is 1. The van der Waals surface area contributed by atoms with E-state index >= 15 is 0 Å². The lowest BCUT2D eigenvalue weighted by Crippen LogP contribution is -2.35. The van der Waals surface area contributed by atoms with E-state index in [0.29, 0.717) is 55.4 Å². The van der Waals surface area contributed by atoms with Crippen LogP contribution in [0.3, 0.4) is 0 Å². The number of fused-ring (bicyclic) bond motifs is 1. The molecule has 2 aromatic heterocycles. The van der Waals surface area contributed by atoms with Crippen molar-refractivity contribution in [1.29, 1.82) is 5.26 Å². The first-order valence-electron chi connectivity index (χ1n) is 11.1. The van der Waals surface area contributed by atoms with Gasteiger partial charge >= 0.3 is 0 Å². The molecule has 1 aliphatic heterocycles. The van der Waals surface area contributed by atoms with Crippen molar-refractivity contribution in [3.05, 3.63) is 70.6 Å². The van der Waals surface area contributed by atoms with Gasteiger partial charge in [-0.05, 0) is 31.1 Å². The van der Waals surface area contributed by atoms with Gasteiger partial charge < -0.3 is 19.5 Å². The van der Waals surface area contributed by atoms with Crippen LogP contribution in [0.5, 0.6) is 5.75 Å². The molecule has 34 heavy (non-hydrogen) atoms. The van der Waals surface area contributed by atoms with Gasteiger partial charge in [0.1, 0.15) is 16.8 Å².